The molecule has 1 amide bonds. The van der Waals surface area contributed by atoms with Crippen LogP contribution in [0.15, 0.2) is 36.5 Å². The second kappa shape index (κ2) is 6.08. The summed E-state index contributed by atoms with van der Waals surface area (Å²) in [7, 11) is 0. The number of nitrogens with zero attached hydrogens (tertiary/aromatic N) is 3. The lowest BCUT2D eigenvalue weighted by atomic mass is 9.87. The molecule has 0 bridgehead atoms. The predicted octanol–water partition coefficient (Wildman–Crippen LogP) is 2.58. The van der Waals surface area contributed by atoms with Gasteiger partial charge in [-0.1, -0.05) is 43.2 Å². The molecule has 1 N–H and O–H groups in total. The van der Waals surface area contributed by atoms with Gasteiger partial charge < -0.3 is 5.32 Å². The van der Waals surface area contributed by atoms with E-state index in [0.29, 0.717) is 11.6 Å². The molecule has 0 spiro atoms. The van der Waals surface area contributed by atoms with Crippen LogP contribution >= 0.6 is 0 Å². The molecule has 21 heavy (non-hydrogen) atoms. The van der Waals surface area contributed by atoms with E-state index >= 15 is 0 Å². The van der Waals surface area contributed by atoms with Crippen molar-refractivity contribution in [3.8, 4) is 5.69 Å². The maximum absolute atomic E-state index is 12.2. The van der Waals surface area contributed by atoms with Crippen molar-refractivity contribution in [2.45, 2.75) is 38.6 Å². The van der Waals surface area contributed by atoms with Crippen molar-refractivity contribution < 1.29 is 4.79 Å². The molecular weight excluding hydrogens is 264 g/mol. The Hall–Kier alpha value is -2.17. The standard InChI is InChI=1S/C16H20N4O/c1-12-6-5-7-13(10-12)17-16(21)15-11-20(19-18-15)14-8-3-2-4-9-14/h2-4,8-9,11-13H,5-7,10H2,1H3,(H,17,21)/t12-,13-/m1/s1. The summed E-state index contributed by atoms with van der Waals surface area (Å²) in [6, 6.07) is 9.93. The van der Waals surface area contributed by atoms with Gasteiger partial charge in [0.2, 0.25) is 0 Å². The van der Waals surface area contributed by atoms with Crippen molar-refractivity contribution in [1.82, 2.24) is 20.3 Å². The number of hydrogen-bond donors (Lipinski definition) is 1. The van der Waals surface area contributed by atoms with Gasteiger partial charge >= 0.3 is 0 Å². The largest absolute Gasteiger partial charge is 0.348 e. The second-order valence-electron chi connectivity index (χ2n) is 5.83. The molecule has 1 aliphatic rings. The molecule has 3 rings (SSSR count). The van der Waals surface area contributed by atoms with Crippen molar-refractivity contribution in [1.29, 1.82) is 0 Å². The highest BCUT2D eigenvalue weighted by Gasteiger charge is 2.22. The minimum absolute atomic E-state index is 0.128. The Morgan fingerprint density at radius 1 is 1.29 bits per heavy atom. The molecule has 0 saturated heterocycles. The topological polar surface area (TPSA) is 59.8 Å². The third-order valence-corrected chi connectivity index (χ3v) is 4.02. The van der Waals surface area contributed by atoms with E-state index in [1.807, 2.05) is 30.3 Å². The number of para-hydroxylation sites is 1. The molecule has 0 aliphatic heterocycles. The van der Waals surface area contributed by atoms with Crippen LogP contribution in [0, 0.1) is 5.92 Å². The summed E-state index contributed by atoms with van der Waals surface area (Å²) in [4.78, 5) is 12.2. The Kier molecular flexibility index (Phi) is 3.99. The fourth-order valence-corrected chi connectivity index (χ4v) is 2.90. The number of hydrogen-bond acceptors (Lipinski definition) is 3. The molecule has 1 fully saturated rings. The van der Waals surface area contributed by atoms with Gasteiger partial charge in [0.05, 0.1) is 11.9 Å². The van der Waals surface area contributed by atoms with Crippen LogP contribution in [0.25, 0.3) is 5.69 Å². The average Bonchev–Trinajstić information content (AvgIpc) is 2.98. The van der Waals surface area contributed by atoms with Crippen LogP contribution in [0.3, 0.4) is 0 Å². The van der Waals surface area contributed by atoms with Gasteiger partial charge in [-0.05, 0) is 30.9 Å². The van der Waals surface area contributed by atoms with Gasteiger partial charge in [0.1, 0.15) is 0 Å². The fourth-order valence-electron chi connectivity index (χ4n) is 2.90. The van der Waals surface area contributed by atoms with Gasteiger partial charge in [-0.15, -0.1) is 5.10 Å². The SMILES string of the molecule is C[C@@H]1CCC[C@@H](NC(=O)c2cn(-c3ccccc3)nn2)C1. The molecule has 5 heteroatoms. The lowest BCUT2D eigenvalue weighted by Crippen LogP contribution is -2.38. The van der Waals surface area contributed by atoms with Crippen LogP contribution in [-0.4, -0.2) is 26.9 Å². The molecule has 2 aromatic rings. The smallest absolute Gasteiger partial charge is 0.273 e. The van der Waals surface area contributed by atoms with E-state index in [1.165, 1.54) is 12.8 Å². The van der Waals surface area contributed by atoms with Gasteiger partial charge in [-0.25, -0.2) is 4.68 Å². The van der Waals surface area contributed by atoms with Crippen LogP contribution in [0.1, 0.15) is 43.1 Å². The zero-order chi connectivity index (χ0) is 14.7. The Bertz CT molecular complexity index is 608. The molecule has 0 radical (unpaired) electrons. The van der Waals surface area contributed by atoms with Gasteiger partial charge in [-0.2, -0.15) is 0 Å². The average molecular weight is 284 g/mol. The Morgan fingerprint density at radius 3 is 2.86 bits per heavy atom. The van der Waals surface area contributed by atoms with Gasteiger partial charge in [0.15, 0.2) is 5.69 Å². The van der Waals surface area contributed by atoms with Crippen LogP contribution in [-0.2, 0) is 0 Å². The minimum atomic E-state index is -0.128. The van der Waals surface area contributed by atoms with E-state index in [1.54, 1.807) is 10.9 Å². The van der Waals surface area contributed by atoms with Crippen molar-refractivity contribution in [3.63, 3.8) is 0 Å². The normalized spacial score (nSPS) is 22.0. The van der Waals surface area contributed by atoms with Gasteiger partial charge in [0.25, 0.3) is 5.91 Å². The Balaban J connectivity index is 1.67. The number of nitrogens with one attached hydrogen (secondary N) is 1. The zero-order valence-electron chi connectivity index (χ0n) is 12.2. The summed E-state index contributed by atoms with van der Waals surface area (Å²) in [6.07, 6.45) is 6.23. The van der Waals surface area contributed by atoms with E-state index in [2.05, 4.69) is 22.6 Å². The van der Waals surface area contributed by atoms with Crippen LogP contribution < -0.4 is 5.32 Å². The maximum atomic E-state index is 12.2. The lowest BCUT2D eigenvalue weighted by molar-refractivity contribution is 0.0916. The first-order chi connectivity index (χ1) is 10.2. The molecule has 0 unspecified atom stereocenters. The summed E-state index contributed by atoms with van der Waals surface area (Å²) < 4.78 is 1.62. The van der Waals surface area contributed by atoms with Crippen LogP contribution in [0.2, 0.25) is 0 Å². The highest BCUT2D eigenvalue weighted by Crippen LogP contribution is 2.23. The number of amides is 1. The first kappa shape index (κ1) is 13.8. The molecule has 2 atom stereocenters. The van der Waals surface area contributed by atoms with Crippen molar-refractivity contribution in [2.24, 2.45) is 5.92 Å². The zero-order valence-corrected chi connectivity index (χ0v) is 12.2. The number of rotatable bonds is 3. The Morgan fingerprint density at radius 2 is 2.10 bits per heavy atom. The van der Waals surface area contributed by atoms with Crippen molar-refractivity contribution in [3.05, 3.63) is 42.2 Å². The van der Waals surface area contributed by atoms with E-state index in [9.17, 15) is 4.79 Å². The fraction of sp³-hybridized carbons (Fsp3) is 0.438. The molecular formula is C16H20N4O. The third kappa shape index (κ3) is 3.29. The first-order valence-corrected chi connectivity index (χ1v) is 7.51. The molecule has 1 heterocycles. The predicted molar refractivity (Wildman–Crippen MR) is 80.2 cm³/mol. The Labute approximate surface area is 124 Å². The quantitative estimate of drug-likeness (QED) is 0.942. The highest BCUT2D eigenvalue weighted by atomic mass is 16.2. The summed E-state index contributed by atoms with van der Waals surface area (Å²) in [5.74, 6) is 0.556. The van der Waals surface area contributed by atoms with Crippen LogP contribution in [0.4, 0.5) is 0 Å². The highest BCUT2D eigenvalue weighted by molar-refractivity contribution is 5.92. The number of carbonyl (C=O) groups is 1. The molecule has 1 aromatic carbocycles. The maximum Gasteiger partial charge on any atom is 0.273 e. The molecule has 1 aliphatic carbocycles. The van der Waals surface area contributed by atoms with Crippen LogP contribution in [0.5, 0.6) is 0 Å². The van der Waals surface area contributed by atoms with Gasteiger partial charge in [-0.3, -0.25) is 4.79 Å². The molecule has 110 valence electrons. The van der Waals surface area contributed by atoms with Gasteiger partial charge in [0, 0.05) is 6.04 Å². The van der Waals surface area contributed by atoms with Crippen molar-refractivity contribution >= 4 is 5.91 Å². The monoisotopic (exact) mass is 284 g/mol. The van der Waals surface area contributed by atoms with E-state index < -0.39 is 0 Å². The van der Waals surface area contributed by atoms with E-state index in [-0.39, 0.29) is 11.9 Å². The number of aromatic nitrogens is 3. The van der Waals surface area contributed by atoms with E-state index in [4.69, 9.17) is 0 Å². The number of carbonyl (C=O) groups excluding carboxylic acids is 1. The molecule has 5 nitrogen and oxygen atoms in total. The van der Waals surface area contributed by atoms with E-state index in [0.717, 1.165) is 18.5 Å². The second-order valence-corrected chi connectivity index (χ2v) is 5.83. The minimum Gasteiger partial charge on any atom is -0.348 e. The third-order valence-electron chi connectivity index (χ3n) is 4.02. The molecule has 1 saturated carbocycles. The number of benzene rings is 1. The summed E-state index contributed by atoms with van der Waals surface area (Å²) in [5, 5.41) is 11.1. The summed E-state index contributed by atoms with van der Waals surface area (Å²) >= 11 is 0. The molecule has 1 aromatic heterocycles. The summed E-state index contributed by atoms with van der Waals surface area (Å²) in [6.45, 7) is 2.24. The van der Waals surface area contributed by atoms with Crippen molar-refractivity contribution in [2.75, 3.05) is 0 Å². The first-order valence-electron chi connectivity index (χ1n) is 7.51. The summed E-state index contributed by atoms with van der Waals surface area (Å²) in [5.41, 5.74) is 1.27. The lowest BCUT2D eigenvalue weighted by Gasteiger charge is -2.27.